The summed E-state index contributed by atoms with van der Waals surface area (Å²) in [5, 5.41) is 22.2. The number of phenolic OH excluding ortho intramolecular Hbond substituents is 1. The fourth-order valence-corrected chi connectivity index (χ4v) is 3.18. The van der Waals surface area contributed by atoms with Crippen LogP contribution in [0.15, 0.2) is 60.3 Å². The fourth-order valence-electron chi connectivity index (χ4n) is 3.18. The number of amides is 1. The van der Waals surface area contributed by atoms with E-state index in [0.717, 1.165) is 25.2 Å². The van der Waals surface area contributed by atoms with Gasteiger partial charge in [0.1, 0.15) is 17.4 Å². The summed E-state index contributed by atoms with van der Waals surface area (Å²) < 4.78 is 0. The van der Waals surface area contributed by atoms with E-state index >= 15 is 0 Å². The molecule has 2 aromatic carbocycles. The molecule has 1 saturated heterocycles. The Balaban J connectivity index is 1.57. The number of hydrogen-bond acceptors (Lipinski definition) is 5. The Kier molecular flexibility index (Phi) is 6.30. The van der Waals surface area contributed by atoms with Crippen LogP contribution in [0, 0.1) is 18.3 Å². The van der Waals surface area contributed by atoms with Gasteiger partial charge in [-0.25, -0.2) is 0 Å². The number of aromatic hydroxyl groups is 1. The molecule has 1 aliphatic rings. The number of carbonyl (C=O) groups excluding carboxylic acids is 1. The van der Waals surface area contributed by atoms with Crippen LogP contribution in [0.1, 0.15) is 11.1 Å². The molecule has 1 amide bonds. The van der Waals surface area contributed by atoms with E-state index in [-0.39, 0.29) is 17.2 Å². The van der Waals surface area contributed by atoms with Crippen LogP contribution in [-0.2, 0) is 11.3 Å². The van der Waals surface area contributed by atoms with Crippen molar-refractivity contribution in [3.8, 4) is 11.8 Å². The van der Waals surface area contributed by atoms with E-state index in [0.29, 0.717) is 18.8 Å². The first-order valence-corrected chi connectivity index (χ1v) is 9.29. The first-order valence-electron chi connectivity index (χ1n) is 9.29. The molecule has 0 saturated carbocycles. The topological polar surface area (TPSA) is 79.6 Å². The van der Waals surface area contributed by atoms with Crippen LogP contribution in [0.2, 0.25) is 0 Å². The molecule has 3 rings (SSSR count). The van der Waals surface area contributed by atoms with E-state index in [2.05, 4.69) is 22.3 Å². The Morgan fingerprint density at radius 3 is 2.54 bits per heavy atom. The van der Waals surface area contributed by atoms with Gasteiger partial charge >= 0.3 is 0 Å². The summed E-state index contributed by atoms with van der Waals surface area (Å²) in [6.07, 6.45) is 1.36. The number of carbonyl (C=O) groups is 1. The minimum absolute atomic E-state index is 0.0245. The van der Waals surface area contributed by atoms with Crippen molar-refractivity contribution in [1.82, 2.24) is 9.80 Å². The summed E-state index contributed by atoms with van der Waals surface area (Å²) in [5.41, 5.74) is 2.66. The van der Waals surface area contributed by atoms with E-state index in [1.807, 2.05) is 37.3 Å². The van der Waals surface area contributed by atoms with Crippen LogP contribution >= 0.6 is 0 Å². The molecule has 6 heteroatoms. The molecule has 28 heavy (non-hydrogen) atoms. The molecule has 144 valence electrons. The Labute approximate surface area is 165 Å². The number of piperazine rings is 1. The number of aryl methyl sites for hydroxylation is 1. The van der Waals surface area contributed by atoms with Crippen molar-refractivity contribution >= 4 is 11.6 Å². The number of nitrogens with zero attached hydrogens (tertiary/aromatic N) is 3. The van der Waals surface area contributed by atoms with Gasteiger partial charge in [0.2, 0.25) is 0 Å². The van der Waals surface area contributed by atoms with Crippen molar-refractivity contribution in [1.29, 1.82) is 5.26 Å². The lowest BCUT2D eigenvalue weighted by molar-refractivity contribution is -0.128. The van der Waals surface area contributed by atoms with Crippen LogP contribution in [0.4, 0.5) is 5.69 Å². The van der Waals surface area contributed by atoms with Crippen LogP contribution in [0.3, 0.4) is 0 Å². The lowest BCUT2D eigenvalue weighted by Crippen LogP contribution is -2.48. The summed E-state index contributed by atoms with van der Waals surface area (Å²) >= 11 is 0. The van der Waals surface area contributed by atoms with E-state index in [9.17, 15) is 15.2 Å². The van der Waals surface area contributed by atoms with Crippen molar-refractivity contribution in [2.24, 2.45) is 0 Å². The van der Waals surface area contributed by atoms with E-state index in [1.54, 1.807) is 17.0 Å². The molecule has 1 fully saturated rings. The van der Waals surface area contributed by atoms with Crippen molar-refractivity contribution in [2.75, 3.05) is 31.5 Å². The average molecular weight is 376 g/mol. The van der Waals surface area contributed by atoms with Gasteiger partial charge in [-0.1, -0.05) is 36.4 Å². The summed E-state index contributed by atoms with van der Waals surface area (Å²) in [4.78, 5) is 16.7. The molecular weight excluding hydrogens is 352 g/mol. The van der Waals surface area contributed by atoms with Gasteiger partial charge in [0.15, 0.2) is 0 Å². The molecule has 2 aromatic rings. The standard InChI is InChI=1S/C22H24N4O2/c1-17-7-8-20(21(27)13-17)24-15-19(14-23)22(28)26-11-9-25(10-12-26)16-18-5-3-2-4-6-18/h2-8,13,15,24,27H,9-12,16H2,1H3/b19-15-. The zero-order valence-corrected chi connectivity index (χ0v) is 15.9. The van der Waals surface area contributed by atoms with Gasteiger partial charge in [-0.15, -0.1) is 0 Å². The Hall–Kier alpha value is -3.30. The summed E-state index contributed by atoms with van der Waals surface area (Å²) in [6.45, 7) is 5.44. The minimum Gasteiger partial charge on any atom is -0.506 e. The van der Waals surface area contributed by atoms with Gasteiger partial charge in [-0.2, -0.15) is 5.26 Å². The van der Waals surface area contributed by atoms with Crippen LogP contribution in [-0.4, -0.2) is 47.0 Å². The monoisotopic (exact) mass is 376 g/mol. The third-order valence-electron chi connectivity index (χ3n) is 4.78. The molecule has 0 unspecified atom stereocenters. The van der Waals surface area contributed by atoms with Crippen molar-refractivity contribution < 1.29 is 9.90 Å². The highest BCUT2D eigenvalue weighted by molar-refractivity contribution is 5.97. The van der Waals surface area contributed by atoms with Gasteiger partial charge in [0.05, 0.1) is 5.69 Å². The molecule has 0 atom stereocenters. The number of benzene rings is 2. The summed E-state index contributed by atoms with van der Waals surface area (Å²) in [5.74, 6) is -0.212. The molecule has 0 aliphatic carbocycles. The molecule has 1 aliphatic heterocycles. The highest BCUT2D eigenvalue weighted by Crippen LogP contribution is 2.24. The predicted octanol–water partition coefficient (Wildman–Crippen LogP) is 2.86. The van der Waals surface area contributed by atoms with Crippen LogP contribution in [0.25, 0.3) is 0 Å². The predicted molar refractivity (Wildman–Crippen MR) is 108 cm³/mol. The molecule has 0 spiro atoms. The van der Waals surface area contributed by atoms with Gasteiger partial charge in [0, 0.05) is 38.9 Å². The number of phenols is 1. The number of nitriles is 1. The molecule has 6 nitrogen and oxygen atoms in total. The molecule has 0 bridgehead atoms. The van der Waals surface area contributed by atoms with Crippen molar-refractivity contribution in [3.05, 3.63) is 71.4 Å². The quantitative estimate of drug-likeness (QED) is 0.477. The Morgan fingerprint density at radius 1 is 1.18 bits per heavy atom. The first kappa shape index (κ1) is 19.5. The maximum absolute atomic E-state index is 12.7. The van der Waals surface area contributed by atoms with E-state index in [4.69, 9.17) is 0 Å². The highest BCUT2D eigenvalue weighted by Gasteiger charge is 2.23. The average Bonchev–Trinajstić information content (AvgIpc) is 2.71. The van der Waals surface area contributed by atoms with Crippen LogP contribution < -0.4 is 5.32 Å². The van der Waals surface area contributed by atoms with Gasteiger partial charge < -0.3 is 15.3 Å². The maximum atomic E-state index is 12.7. The Morgan fingerprint density at radius 2 is 1.89 bits per heavy atom. The third-order valence-corrected chi connectivity index (χ3v) is 4.78. The highest BCUT2D eigenvalue weighted by atomic mass is 16.3. The minimum atomic E-state index is -0.291. The largest absolute Gasteiger partial charge is 0.506 e. The second-order valence-corrected chi connectivity index (χ2v) is 6.89. The number of nitrogens with one attached hydrogen (secondary N) is 1. The Bertz CT molecular complexity index is 894. The molecule has 0 aromatic heterocycles. The lowest BCUT2D eigenvalue weighted by Gasteiger charge is -2.34. The number of hydrogen-bond donors (Lipinski definition) is 2. The molecule has 2 N–H and O–H groups in total. The van der Waals surface area contributed by atoms with Crippen molar-refractivity contribution in [2.45, 2.75) is 13.5 Å². The summed E-state index contributed by atoms with van der Waals surface area (Å²) in [6, 6.07) is 17.4. The third kappa shape index (κ3) is 4.90. The lowest BCUT2D eigenvalue weighted by atomic mass is 10.2. The SMILES string of the molecule is Cc1ccc(N/C=C(/C#N)C(=O)N2CCN(Cc3ccccc3)CC2)c(O)c1. The van der Waals surface area contributed by atoms with E-state index < -0.39 is 0 Å². The van der Waals surface area contributed by atoms with Crippen LogP contribution in [0.5, 0.6) is 5.75 Å². The summed E-state index contributed by atoms with van der Waals surface area (Å²) in [7, 11) is 0. The normalized spacial score (nSPS) is 15.1. The smallest absolute Gasteiger partial charge is 0.266 e. The van der Waals surface area contributed by atoms with Gasteiger partial charge in [0.25, 0.3) is 5.91 Å². The zero-order chi connectivity index (χ0) is 19.9. The molecule has 0 radical (unpaired) electrons. The number of anilines is 1. The molecular formula is C22H24N4O2. The molecule has 1 heterocycles. The first-order chi connectivity index (χ1) is 13.6. The zero-order valence-electron chi connectivity index (χ0n) is 15.9. The number of rotatable bonds is 5. The maximum Gasteiger partial charge on any atom is 0.266 e. The second-order valence-electron chi connectivity index (χ2n) is 6.89. The van der Waals surface area contributed by atoms with Gasteiger partial charge in [-0.3, -0.25) is 9.69 Å². The van der Waals surface area contributed by atoms with E-state index in [1.165, 1.54) is 11.8 Å². The second kappa shape index (κ2) is 9.07. The van der Waals surface area contributed by atoms with Gasteiger partial charge in [-0.05, 0) is 30.2 Å². The fraction of sp³-hybridized carbons (Fsp3) is 0.273. The van der Waals surface area contributed by atoms with Crippen molar-refractivity contribution in [3.63, 3.8) is 0 Å².